The largest absolute Gasteiger partial charge is 0.480 e. The van der Waals surface area contributed by atoms with E-state index in [0.717, 1.165) is 19.3 Å². The summed E-state index contributed by atoms with van der Waals surface area (Å²) in [7, 11) is 3.83. The summed E-state index contributed by atoms with van der Waals surface area (Å²) in [5, 5.41) is 11.9. The number of hydrogen-bond acceptors (Lipinski definition) is 7. The Balaban J connectivity index is 3.70. The first-order valence-corrected chi connectivity index (χ1v) is 14.5. The van der Waals surface area contributed by atoms with Gasteiger partial charge in [0.2, 0.25) is 5.91 Å². The lowest BCUT2D eigenvalue weighted by Crippen LogP contribution is -2.42. The van der Waals surface area contributed by atoms with Gasteiger partial charge in [-0.3, -0.25) is 9.59 Å². The summed E-state index contributed by atoms with van der Waals surface area (Å²) in [5.41, 5.74) is 5.63. The van der Waals surface area contributed by atoms with Crippen molar-refractivity contribution < 1.29 is 24.2 Å². The minimum atomic E-state index is -1.06. The van der Waals surface area contributed by atoms with Crippen LogP contribution < -0.4 is 11.1 Å². The van der Waals surface area contributed by atoms with E-state index in [9.17, 15) is 19.5 Å². The van der Waals surface area contributed by atoms with Gasteiger partial charge in [0.1, 0.15) is 12.1 Å². The Morgan fingerprint density at radius 2 is 1.31 bits per heavy atom. The molecular formula is C23H44N2O5S2. The number of aliphatic carboxylic acids is 1. The Kier molecular flexibility index (Phi) is 21.3. The van der Waals surface area contributed by atoms with Crippen LogP contribution in [0.3, 0.4) is 0 Å². The van der Waals surface area contributed by atoms with Crippen LogP contribution in [0.15, 0.2) is 0 Å². The molecular weight excluding hydrogens is 448 g/mol. The fraction of sp³-hybridized carbons (Fsp3) is 0.870. The number of nitrogens with one attached hydrogen (secondary N) is 1. The number of methoxy groups -OCH3 is 1. The molecule has 32 heavy (non-hydrogen) atoms. The van der Waals surface area contributed by atoms with E-state index >= 15 is 0 Å². The van der Waals surface area contributed by atoms with Gasteiger partial charge in [-0.2, -0.15) is 0 Å². The monoisotopic (exact) mass is 492 g/mol. The Morgan fingerprint density at radius 1 is 0.844 bits per heavy atom. The van der Waals surface area contributed by atoms with Gasteiger partial charge in [-0.1, -0.05) is 106 Å². The van der Waals surface area contributed by atoms with Crippen molar-refractivity contribution in [1.29, 1.82) is 0 Å². The summed E-state index contributed by atoms with van der Waals surface area (Å²) in [6, 6.07) is -1.69. The summed E-state index contributed by atoms with van der Waals surface area (Å²) in [6.45, 7) is 2.24. The summed E-state index contributed by atoms with van der Waals surface area (Å²) in [5.74, 6) is -1.26. The van der Waals surface area contributed by atoms with Crippen LogP contribution in [0.5, 0.6) is 0 Å². The lowest BCUT2D eigenvalue weighted by atomic mass is 10.0. The van der Waals surface area contributed by atoms with E-state index in [1.54, 1.807) is 0 Å². The fourth-order valence-corrected chi connectivity index (χ4v) is 5.46. The molecule has 0 aliphatic heterocycles. The smallest absolute Gasteiger partial charge is 0.327 e. The first kappa shape index (κ1) is 31.1. The minimum Gasteiger partial charge on any atom is -0.480 e. The second-order valence-corrected chi connectivity index (χ2v) is 10.7. The van der Waals surface area contributed by atoms with Crippen molar-refractivity contribution in [3.8, 4) is 0 Å². The van der Waals surface area contributed by atoms with Crippen LogP contribution >= 0.6 is 21.6 Å². The molecule has 7 nitrogen and oxygen atoms in total. The number of nitrogens with two attached hydrogens (primary N) is 1. The zero-order valence-corrected chi connectivity index (χ0v) is 21.6. The molecule has 2 unspecified atom stereocenters. The van der Waals surface area contributed by atoms with E-state index in [-0.39, 0.29) is 11.7 Å². The highest BCUT2D eigenvalue weighted by atomic mass is 33.1. The number of carboxylic acid groups (broad SMARTS) is 1. The van der Waals surface area contributed by atoms with E-state index in [4.69, 9.17) is 5.73 Å². The normalized spacial score (nSPS) is 12.8. The van der Waals surface area contributed by atoms with Gasteiger partial charge in [0.25, 0.3) is 0 Å². The Hall–Kier alpha value is -0.930. The molecule has 4 N–H and O–H groups in total. The summed E-state index contributed by atoms with van der Waals surface area (Å²) in [6.07, 6.45) is 16.5. The van der Waals surface area contributed by atoms with Crippen LogP contribution in [0.25, 0.3) is 0 Å². The van der Waals surface area contributed by atoms with Crippen LogP contribution in [0.1, 0.15) is 96.8 Å². The van der Waals surface area contributed by atoms with Crippen molar-refractivity contribution >= 4 is 39.4 Å². The van der Waals surface area contributed by atoms with Gasteiger partial charge in [-0.05, 0) is 6.42 Å². The molecule has 0 aliphatic carbocycles. The summed E-state index contributed by atoms with van der Waals surface area (Å²) < 4.78 is 4.54. The molecule has 0 aromatic rings. The molecule has 0 bridgehead atoms. The number of amides is 1. The summed E-state index contributed by atoms with van der Waals surface area (Å²) in [4.78, 5) is 34.7. The first-order valence-electron chi connectivity index (χ1n) is 12.0. The van der Waals surface area contributed by atoms with Crippen LogP contribution in [-0.2, 0) is 19.1 Å². The zero-order valence-electron chi connectivity index (χ0n) is 19.9. The molecule has 0 radical (unpaired) electrons. The third kappa shape index (κ3) is 18.6. The van der Waals surface area contributed by atoms with Gasteiger partial charge in [0, 0.05) is 17.9 Å². The fourth-order valence-electron chi connectivity index (χ4n) is 3.20. The topological polar surface area (TPSA) is 119 Å². The highest BCUT2D eigenvalue weighted by Crippen LogP contribution is 2.23. The van der Waals surface area contributed by atoms with Crippen molar-refractivity contribution in [3.05, 3.63) is 0 Å². The maximum Gasteiger partial charge on any atom is 0.327 e. The van der Waals surface area contributed by atoms with Gasteiger partial charge >= 0.3 is 11.9 Å². The van der Waals surface area contributed by atoms with Gasteiger partial charge in [-0.25, -0.2) is 4.79 Å². The molecule has 0 spiro atoms. The van der Waals surface area contributed by atoms with E-state index < -0.39 is 24.0 Å². The predicted octanol–water partition coefficient (Wildman–Crippen LogP) is 4.92. The average molecular weight is 493 g/mol. The second-order valence-electron chi connectivity index (χ2n) is 8.15. The molecule has 1 amide bonds. The highest BCUT2D eigenvalue weighted by molar-refractivity contribution is 8.76. The molecule has 188 valence electrons. The second kappa shape index (κ2) is 21.9. The standard InChI is InChI=1S/C23H44N2O5S2/c1-3-4-5-6-7-8-9-10-11-12-13-14-15-16-21(26)25-20(22(27)28)18-32-31-17-19(24)23(29)30-2/h19-20H,3-18,24H2,1-2H3,(H,25,26)(H,27,28). The number of esters is 1. The summed E-state index contributed by atoms with van der Waals surface area (Å²) >= 11 is 0. The van der Waals surface area contributed by atoms with Crippen LogP contribution in [0, 0.1) is 0 Å². The van der Waals surface area contributed by atoms with Gasteiger partial charge in [-0.15, -0.1) is 0 Å². The number of carboxylic acids is 1. The molecule has 0 heterocycles. The number of rotatable bonds is 22. The Morgan fingerprint density at radius 3 is 1.78 bits per heavy atom. The predicted molar refractivity (Wildman–Crippen MR) is 135 cm³/mol. The van der Waals surface area contributed by atoms with Crippen molar-refractivity contribution in [2.45, 2.75) is 109 Å². The van der Waals surface area contributed by atoms with Crippen LogP contribution in [0.2, 0.25) is 0 Å². The number of carbonyl (C=O) groups is 3. The van der Waals surface area contributed by atoms with Crippen molar-refractivity contribution in [3.63, 3.8) is 0 Å². The Labute approximate surface area is 202 Å². The van der Waals surface area contributed by atoms with Gasteiger partial charge < -0.3 is 20.9 Å². The van der Waals surface area contributed by atoms with Crippen molar-refractivity contribution in [2.24, 2.45) is 5.73 Å². The van der Waals surface area contributed by atoms with Gasteiger partial charge in [0.05, 0.1) is 7.11 Å². The number of hydrogen-bond donors (Lipinski definition) is 3. The number of ether oxygens (including phenoxy) is 1. The van der Waals surface area contributed by atoms with E-state index in [0.29, 0.717) is 12.2 Å². The lowest BCUT2D eigenvalue weighted by Gasteiger charge is -2.14. The Bertz CT molecular complexity index is 509. The molecule has 9 heteroatoms. The number of unbranched alkanes of at least 4 members (excludes halogenated alkanes) is 12. The van der Waals surface area contributed by atoms with Crippen molar-refractivity contribution in [2.75, 3.05) is 18.6 Å². The van der Waals surface area contributed by atoms with Crippen LogP contribution in [0.4, 0.5) is 0 Å². The molecule has 0 fully saturated rings. The van der Waals surface area contributed by atoms with E-state index in [2.05, 4.69) is 17.0 Å². The minimum absolute atomic E-state index is 0.207. The van der Waals surface area contributed by atoms with Crippen LogP contribution in [-0.4, -0.2) is 53.7 Å². The molecule has 0 rings (SSSR count). The van der Waals surface area contributed by atoms with E-state index in [1.165, 1.54) is 92.9 Å². The molecule has 0 aromatic carbocycles. The third-order valence-corrected chi connectivity index (χ3v) is 7.66. The number of carbonyl (C=O) groups excluding carboxylic acids is 2. The van der Waals surface area contributed by atoms with E-state index in [1.807, 2.05) is 0 Å². The SMILES string of the molecule is CCCCCCCCCCCCCCCC(=O)NC(CSSCC(N)C(=O)OC)C(=O)O. The molecule has 0 saturated heterocycles. The third-order valence-electron chi connectivity index (χ3n) is 5.21. The molecule has 0 saturated carbocycles. The lowest BCUT2D eigenvalue weighted by molar-refractivity contribution is -0.141. The molecule has 0 aromatic heterocycles. The van der Waals surface area contributed by atoms with Crippen molar-refractivity contribution in [1.82, 2.24) is 5.32 Å². The molecule has 2 atom stereocenters. The average Bonchev–Trinajstić information content (AvgIpc) is 2.77. The quantitative estimate of drug-likeness (QED) is 0.111. The maximum absolute atomic E-state index is 12.1. The maximum atomic E-state index is 12.1. The van der Waals surface area contributed by atoms with Gasteiger partial charge in [0.15, 0.2) is 0 Å². The zero-order chi connectivity index (χ0) is 24.0. The first-order chi connectivity index (χ1) is 15.4. The highest BCUT2D eigenvalue weighted by Gasteiger charge is 2.20. The molecule has 0 aliphatic rings.